The minimum Gasteiger partial charge on any atom is -0.457 e. The van der Waals surface area contributed by atoms with Gasteiger partial charge in [-0.05, 0) is 123 Å². The van der Waals surface area contributed by atoms with Crippen LogP contribution in [-0.4, -0.2) is 66.6 Å². The van der Waals surface area contributed by atoms with Crippen LogP contribution in [-0.2, 0) is 33.3 Å². The minimum atomic E-state index is -1.16. The van der Waals surface area contributed by atoms with E-state index in [9.17, 15) is 19.5 Å². The Balaban J connectivity index is 0.00000384. The SMILES string of the molecule is CC(=O)O[C@@H](C1CCC2C(CC3C4CCC5C(C)(C)[C@@H](OC(CC=O)OCC=O)CCC56C[C@@]46CC[C@]23C)O1)C(C)(C)O.[HH]. The van der Waals surface area contributed by atoms with Crippen molar-refractivity contribution in [3.8, 4) is 0 Å². The highest BCUT2D eigenvalue weighted by molar-refractivity contribution is 5.66. The Morgan fingerprint density at radius 2 is 1.74 bits per heavy atom. The molecule has 8 nitrogen and oxygen atoms in total. The third-order valence-electron chi connectivity index (χ3n) is 13.8. The van der Waals surface area contributed by atoms with E-state index in [4.69, 9.17) is 18.9 Å². The van der Waals surface area contributed by atoms with E-state index < -0.39 is 18.0 Å². The summed E-state index contributed by atoms with van der Waals surface area (Å²) in [7, 11) is 0. The zero-order chi connectivity index (χ0) is 31.0. The van der Waals surface area contributed by atoms with E-state index in [1.807, 2.05) is 0 Å². The van der Waals surface area contributed by atoms with Crippen molar-refractivity contribution in [2.75, 3.05) is 6.61 Å². The normalized spacial score (nSPS) is 45.7. The molecule has 244 valence electrons. The zero-order valence-electron chi connectivity index (χ0n) is 27.1. The van der Waals surface area contributed by atoms with Gasteiger partial charge in [-0.1, -0.05) is 20.8 Å². The molecule has 0 aromatic heterocycles. The fourth-order valence-corrected chi connectivity index (χ4v) is 12.1. The van der Waals surface area contributed by atoms with Gasteiger partial charge in [0.2, 0.25) is 0 Å². The van der Waals surface area contributed by atoms with E-state index in [1.54, 1.807) is 13.8 Å². The number of aldehydes is 2. The molecular formula is C35H56O8. The van der Waals surface area contributed by atoms with E-state index in [-0.39, 0.29) is 49.6 Å². The van der Waals surface area contributed by atoms with E-state index >= 15 is 0 Å². The lowest BCUT2D eigenvalue weighted by atomic mass is 9.46. The van der Waals surface area contributed by atoms with Gasteiger partial charge in [0.1, 0.15) is 19.2 Å². The molecule has 1 heterocycles. The molecule has 8 unspecified atom stereocenters. The summed E-state index contributed by atoms with van der Waals surface area (Å²) < 4.78 is 24.5. The first kappa shape index (κ1) is 31.6. The molecule has 1 aliphatic heterocycles. The number of carbonyl (C=O) groups is 3. The molecule has 43 heavy (non-hydrogen) atoms. The van der Waals surface area contributed by atoms with Crippen LogP contribution < -0.4 is 0 Å². The van der Waals surface area contributed by atoms with Crippen molar-refractivity contribution >= 4 is 18.5 Å². The van der Waals surface area contributed by atoms with Crippen molar-refractivity contribution in [2.45, 2.75) is 148 Å². The summed E-state index contributed by atoms with van der Waals surface area (Å²) in [6, 6.07) is 0. The molecule has 2 spiro atoms. The number of aliphatic hydroxyl groups is 1. The largest absolute Gasteiger partial charge is 0.457 e. The van der Waals surface area contributed by atoms with Gasteiger partial charge in [-0.15, -0.1) is 0 Å². The van der Waals surface area contributed by atoms with Crippen molar-refractivity contribution in [3.05, 3.63) is 0 Å². The molecule has 5 aliphatic carbocycles. The van der Waals surface area contributed by atoms with Gasteiger partial charge in [0.15, 0.2) is 12.4 Å². The molecule has 0 bridgehead atoms. The second kappa shape index (κ2) is 10.9. The lowest BCUT2D eigenvalue weighted by Gasteiger charge is -2.59. The van der Waals surface area contributed by atoms with Gasteiger partial charge in [0, 0.05) is 8.35 Å². The van der Waals surface area contributed by atoms with Gasteiger partial charge in [0.25, 0.3) is 0 Å². The maximum atomic E-state index is 11.9. The molecule has 1 saturated heterocycles. The topological polar surface area (TPSA) is 108 Å². The van der Waals surface area contributed by atoms with Crippen LogP contribution in [0.25, 0.3) is 0 Å². The summed E-state index contributed by atoms with van der Waals surface area (Å²) in [6.45, 7) is 12.0. The monoisotopic (exact) mass is 604 g/mol. The molecule has 6 fully saturated rings. The van der Waals surface area contributed by atoms with Crippen molar-refractivity contribution in [1.29, 1.82) is 0 Å². The molecule has 8 heteroatoms. The highest BCUT2D eigenvalue weighted by Crippen LogP contribution is 2.87. The molecule has 1 N–H and O–H groups in total. The first-order chi connectivity index (χ1) is 20.2. The lowest BCUT2D eigenvalue weighted by molar-refractivity contribution is -0.225. The molecule has 0 aromatic rings. The summed E-state index contributed by atoms with van der Waals surface area (Å²) in [5.41, 5.74) is -0.171. The average molecular weight is 605 g/mol. The third kappa shape index (κ3) is 4.87. The number of hydrogen-bond acceptors (Lipinski definition) is 8. The first-order valence-electron chi connectivity index (χ1n) is 16.9. The Morgan fingerprint density at radius 1 is 1.00 bits per heavy atom. The maximum absolute atomic E-state index is 11.9. The number of rotatable bonds is 10. The van der Waals surface area contributed by atoms with Crippen LogP contribution in [0.5, 0.6) is 0 Å². The Morgan fingerprint density at radius 3 is 2.42 bits per heavy atom. The molecule has 0 radical (unpaired) electrons. The van der Waals surface area contributed by atoms with Crippen LogP contribution in [0.2, 0.25) is 0 Å². The van der Waals surface area contributed by atoms with Crippen LogP contribution in [0.3, 0.4) is 0 Å². The second-order valence-corrected chi connectivity index (χ2v) is 16.5. The summed E-state index contributed by atoms with van der Waals surface area (Å²) in [6.07, 6.45) is 11.6. The van der Waals surface area contributed by atoms with Gasteiger partial charge in [-0.2, -0.15) is 0 Å². The Hall–Kier alpha value is -1.35. The molecule has 5 saturated carbocycles. The Bertz CT molecular complexity index is 1100. The summed E-state index contributed by atoms with van der Waals surface area (Å²) in [5, 5.41) is 10.9. The van der Waals surface area contributed by atoms with Crippen molar-refractivity contribution < 1.29 is 39.9 Å². The predicted octanol–water partition coefficient (Wildman–Crippen LogP) is 5.66. The van der Waals surface area contributed by atoms with Crippen molar-refractivity contribution in [2.24, 2.45) is 45.3 Å². The third-order valence-corrected chi connectivity index (χ3v) is 13.8. The molecule has 12 atom stereocenters. The van der Waals surface area contributed by atoms with E-state index in [0.717, 1.165) is 38.4 Å². The Labute approximate surface area is 258 Å². The van der Waals surface area contributed by atoms with Gasteiger partial charge < -0.3 is 33.6 Å². The van der Waals surface area contributed by atoms with Gasteiger partial charge in [-0.25, -0.2) is 0 Å². The average Bonchev–Trinajstić information content (AvgIpc) is 3.51. The highest BCUT2D eigenvalue weighted by atomic mass is 16.7. The van der Waals surface area contributed by atoms with Crippen LogP contribution in [0.4, 0.5) is 0 Å². The molecule has 0 aromatic carbocycles. The van der Waals surface area contributed by atoms with Gasteiger partial charge in [-0.3, -0.25) is 4.79 Å². The van der Waals surface area contributed by atoms with E-state index in [1.165, 1.54) is 39.0 Å². The van der Waals surface area contributed by atoms with Crippen LogP contribution in [0.15, 0.2) is 0 Å². The van der Waals surface area contributed by atoms with Crippen LogP contribution >= 0.6 is 0 Å². The number of fused-ring (bicyclic) bond motifs is 4. The van der Waals surface area contributed by atoms with E-state index in [0.29, 0.717) is 40.8 Å². The maximum Gasteiger partial charge on any atom is 0.303 e. The zero-order valence-corrected chi connectivity index (χ0v) is 27.1. The molecular weight excluding hydrogens is 548 g/mol. The fraction of sp³-hybridized carbons (Fsp3) is 0.914. The van der Waals surface area contributed by atoms with Crippen molar-refractivity contribution in [1.82, 2.24) is 0 Å². The van der Waals surface area contributed by atoms with Crippen LogP contribution in [0.1, 0.15) is 114 Å². The van der Waals surface area contributed by atoms with E-state index in [2.05, 4.69) is 20.8 Å². The minimum absolute atomic E-state index is 0. The number of esters is 1. The molecule has 6 aliphatic rings. The quantitative estimate of drug-likeness (QED) is 0.193. The van der Waals surface area contributed by atoms with Crippen LogP contribution in [0, 0.1) is 45.3 Å². The number of carbonyl (C=O) groups excluding carboxylic acids is 3. The van der Waals surface area contributed by atoms with Gasteiger partial charge >= 0.3 is 5.97 Å². The first-order valence-corrected chi connectivity index (χ1v) is 16.9. The molecule has 6 rings (SSSR count). The molecule has 0 amide bonds. The summed E-state index contributed by atoms with van der Waals surface area (Å²) in [4.78, 5) is 34.1. The number of ether oxygens (including phenoxy) is 4. The summed E-state index contributed by atoms with van der Waals surface area (Å²) >= 11 is 0. The lowest BCUT2D eigenvalue weighted by Crippen LogP contribution is -2.55. The number of hydrogen-bond donors (Lipinski definition) is 1. The smallest absolute Gasteiger partial charge is 0.303 e. The fourth-order valence-electron chi connectivity index (χ4n) is 12.1. The standard InChI is InChI=1S/C35H54O8.H2/c1-21(38)41-30(32(4,5)39)25-9-7-23-26(42-25)19-24-22-8-10-27-31(2,3)28(43-29(12-16-36)40-18-17-37)11-13-35(27)20-34(22,35)15-14-33(23,24)6;/h16-17,22-30,39H,7-15,18-20H2,1-6H3;1H/t22?,23?,24?,25?,26?,27?,28-,29?,30-,33+,34-,35?;/m0./s1. The second-order valence-electron chi connectivity index (χ2n) is 16.5. The van der Waals surface area contributed by atoms with Gasteiger partial charge in [0.05, 0.1) is 30.3 Å². The highest BCUT2D eigenvalue weighted by Gasteiger charge is 2.80. The summed E-state index contributed by atoms with van der Waals surface area (Å²) in [5.74, 6) is 2.05. The predicted molar refractivity (Wildman–Crippen MR) is 161 cm³/mol. The Kier molecular flexibility index (Phi) is 8.00. The van der Waals surface area contributed by atoms with Crippen molar-refractivity contribution in [3.63, 3.8) is 0 Å².